The molecule has 3 nitrogen and oxygen atoms in total. The molecule has 0 radical (unpaired) electrons. The zero-order valence-electron chi connectivity index (χ0n) is 7.02. The largest absolute Gasteiger partial charge is 0.522 e. The zero-order chi connectivity index (χ0) is 10.1. The summed E-state index contributed by atoms with van der Waals surface area (Å²) in [5.41, 5.74) is 0. The molecule has 1 heterocycles. The molecule has 0 bridgehead atoms. The molecule has 0 aromatic carbocycles. The lowest BCUT2D eigenvalue weighted by Crippen LogP contribution is -2.28. The number of nitrogens with one attached hydrogen (secondary N) is 1. The fourth-order valence-corrected chi connectivity index (χ4v) is 1.29. The summed E-state index contributed by atoms with van der Waals surface area (Å²) in [5.74, 6) is -0.159. The highest BCUT2D eigenvalue weighted by molar-refractivity contribution is 5.81. The van der Waals surface area contributed by atoms with Crippen LogP contribution in [-0.4, -0.2) is 30.8 Å². The summed E-state index contributed by atoms with van der Waals surface area (Å²) in [6, 6.07) is -0.493. The number of rotatable bonds is 2. The van der Waals surface area contributed by atoms with Crippen molar-refractivity contribution >= 4 is 5.78 Å². The van der Waals surface area contributed by atoms with Gasteiger partial charge in [-0.25, -0.2) is 0 Å². The van der Waals surface area contributed by atoms with Crippen LogP contribution >= 0.6 is 0 Å². The van der Waals surface area contributed by atoms with Crippen LogP contribution in [0, 0.1) is 0 Å². The molecule has 6 heteroatoms. The van der Waals surface area contributed by atoms with Gasteiger partial charge in [-0.05, 0) is 13.3 Å². The van der Waals surface area contributed by atoms with Crippen LogP contribution in [0.25, 0.3) is 0 Å². The summed E-state index contributed by atoms with van der Waals surface area (Å²) in [4.78, 5) is 10.8. The van der Waals surface area contributed by atoms with E-state index in [2.05, 4.69) is 10.1 Å². The number of carbonyl (C=O) groups is 1. The number of ether oxygens (including phenoxy) is 1. The molecule has 76 valence electrons. The molecule has 2 atom stereocenters. The highest BCUT2D eigenvalue weighted by Gasteiger charge is 2.37. The van der Waals surface area contributed by atoms with E-state index in [4.69, 9.17) is 0 Å². The normalized spacial score (nSPS) is 29.2. The minimum absolute atomic E-state index is 0.0732. The smallest absolute Gasteiger partial charge is 0.305 e. The van der Waals surface area contributed by atoms with Crippen molar-refractivity contribution in [3.63, 3.8) is 0 Å². The van der Waals surface area contributed by atoms with Crippen molar-refractivity contribution < 1.29 is 22.7 Å². The van der Waals surface area contributed by atoms with Gasteiger partial charge in [0.15, 0.2) is 0 Å². The minimum Gasteiger partial charge on any atom is -0.305 e. The molecule has 0 aromatic rings. The standard InChI is InChI=1S/C7H10F3NO2/c1-4(12)6-2-5(3-11-6)13-7(8,9)10/h5-6,11H,2-3H2,1H3/t5-,6-/m0/s1. The van der Waals surface area contributed by atoms with Crippen LogP contribution in [0.4, 0.5) is 13.2 Å². The SMILES string of the molecule is CC(=O)[C@@H]1C[C@H](OC(F)(F)F)CN1. The van der Waals surface area contributed by atoms with Gasteiger partial charge < -0.3 is 5.32 Å². The van der Waals surface area contributed by atoms with Crippen molar-refractivity contribution in [1.82, 2.24) is 5.32 Å². The van der Waals surface area contributed by atoms with Gasteiger partial charge in [-0.15, -0.1) is 13.2 Å². The monoisotopic (exact) mass is 197 g/mol. The molecule has 0 saturated carbocycles. The van der Waals surface area contributed by atoms with E-state index in [9.17, 15) is 18.0 Å². The molecule has 1 saturated heterocycles. The van der Waals surface area contributed by atoms with E-state index in [1.807, 2.05) is 0 Å². The Kier molecular flexibility index (Phi) is 2.92. The summed E-state index contributed by atoms with van der Waals surface area (Å²) >= 11 is 0. The summed E-state index contributed by atoms with van der Waals surface area (Å²) < 4.78 is 38.9. The summed E-state index contributed by atoms with van der Waals surface area (Å²) in [6.07, 6.45) is -5.46. The van der Waals surface area contributed by atoms with Crippen molar-refractivity contribution in [1.29, 1.82) is 0 Å². The molecular formula is C7H10F3NO2. The second-order valence-electron chi connectivity index (χ2n) is 2.99. The van der Waals surface area contributed by atoms with Gasteiger partial charge in [0, 0.05) is 6.54 Å². The molecule has 1 fully saturated rings. The lowest BCUT2D eigenvalue weighted by atomic mass is 10.1. The Bertz CT molecular complexity index is 204. The molecule has 0 aliphatic carbocycles. The van der Waals surface area contributed by atoms with E-state index in [1.165, 1.54) is 6.92 Å². The van der Waals surface area contributed by atoms with Gasteiger partial charge in [0.1, 0.15) is 5.78 Å². The molecule has 1 N–H and O–H groups in total. The number of hydrogen-bond donors (Lipinski definition) is 1. The third kappa shape index (κ3) is 3.31. The molecule has 1 rings (SSSR count). The first-order valence-electron chi connectivity index (χ1n) is 3.87. The van der Waals surface area contributed by atoms with E-state index >= 15 is 0 Å². The van der Waals surface area contributed by atoms with Crippen LogP contribution in [0.3, 0.4) is 0 Å². The fourth-order valence-electron chi connectivity index (χ4n) is 1.29. The molecule has 1 aliphatic rings. The quantitative estimate of drug-likeness (QED) is 0.713. The van der Waals surface area contributed by atoms with E-state index in [0.717, 1.165) is 0 Å². The molecule has 13 heavy (non-hydrogen) atoms. The van der Waals surface area contributed by atoms with Gasteiger partial charge in [0.25, 0.3) is 0 Å². The van der Waals surface area contributed by atoms with Crippen LogP contribution in [0.2, 0.25) is 0 Å². The van der Waals surface area contributed by atoms with Crippen molar-refractivity contribution in [3.8, 4) is 0 Å². The molecule has 0 unspecified atom stereocenters. The maximum Gasteiger partial charge on any atom is 0.522 e. The first kappa shape index (κ1) is 10.5. The maximum absolute atomic E-state index is 11.7. The van der Waals surface area contributed by atoms with Crippen molar-refractivity contribution in [2.45, 2.75) is 31.9 Å². The fraction of sp³-hybridized carbons (Fsp3) is 0.857. The lowest BCUT2D eigenvalue weighted by molar-refractivity contribution is -0.340. The third-order valence-corrected chi connectivity index (χ3v) is 1.88. The van der Waals surface area contributed by atoms with Gasteiger partial charge in [0.2, 0.25) is 0 Å². The van der Waals surface area contributed by atoms with E-state index < -0.39 is 18.5 Å². The molecular weight excluding hydrogens is 187 g/mol. The molecule has 0 aromatic heterocycles. The van der Waals surface area contributed by atoms with Crippen molar-refractivity contribution in [3.05, 3.63) is 0 Å². The predicted octanol–water partition coefficient (Wildman–Crippen LogP) is 0.842. The first-order valence-corrected chi connectivity index (χ1v) is 3.87. The van der Waals surface area contributed by atoms with Crippen LogP contribution in [0.5, 0.6) is 0 Å². The topological polar surface area (TPSA) is 38.3 Å². The highest BCUT2D eigenvalue weighted by atomic mass is 19.4. The maximum atomic E-state index is 11.7. The summed E-state index contributed by atoms with van der Waals surface area (Å²) in [5, 5.41) is 2.65. The average Bonchev–Trinajstić information content (AvgIpc) is 2.31. The van der Waals surface area contributed by atoms with Crippen molar-refractivity contribution in [2.24, 2.45) is 0 Å². The Morgan fingerprint density at radius 1 is 1.54 bits per heavy atom. The van der Waals surface area contributed by atoms with E-state index in [1.54, 1.807) is 0 Å². The molecule has 1 aliphatic heterocycles. The summed E-state index contributed by atoms with van der Waals surface area (Å²) in [7, 11) is 0. The number of carbonyl (C=O) groups excluding carboxylic acids is 1. The van der Waals surface area contributed by atoms with Crippen LogP contribution in [0.1, 0.15) is 13.3 Å². The van der Waals surface area contributed by atoms with Gasteiger partial charge >= 0.3 is 6.36 Å². The van der Waals surface area contributed by atoms with E-state index in [-0.39, 0.29) is 18.7 Å². The lowest BCUT2D eigenvalue weighted by Gasteiger charge is -2.12. The van der Waals surface area contributed by atoms with Gasteiger partial charge in [-0.1, -0.05) is 0 Å². The average molecular weight is 197 g/mol. The number of alkyl halides is 3. The van der Waals surface area contributed by atoms with Crippen LogP contribution < -0.4 is 5.32 Å². The number of ketones is 1. The molecule has 0 spiro atoms. The molecule has 0 amide bonds. The number of halogens is 3. The van der Waals surface area contributed by atoms with Crippen LogP contribution in [-0.2, 0) is 9.53 Å². The Morgan fingerprint density at radius 3 is 2.54 bits per heavy atom. The number of Topliss-reactive ketones (excluding diaryl/α,β-unsaturated/α-hetero) is 1. The minimum atomic E-state index is -4.61. The van der Waals surface area contributed by atoms with E-state index in [0.29, 0.717) is 0 Å². The highest BCUT2D eigenvalue weighted by Crippen LogP contribution is 2.23. The van der Waals surface area contributed by atoms with Gasteiger partial charge in [0.05, 0.1) is 12.1 Å². The van der Waals surface area contributed by atoms with Gasteiger partial charge in [-0.3, -0.25) is 9.53 Å². The number of hydrogen-bond acceptors (Lipinski definition) is 3. The Hall–Kier alpha value is -0.620. The second kappa shape index (κ2) is 3.63. The van der Waals surface area contributed by atoms with Gasteiger partial charge in [-0.2, -0.15) is 0 Å². The Balaban J connectivity index is 2.38. The third-order valence-electron chi connectivity index (χ3n) is 1.88. The van der Waals surface area contributed by atoms with Crippen LogP contribution in [0.15, 0.2) is 0 Å². The van der Waals surface area contributed by atoms with Crippen molar-refractivity contribution in [2.75, 3.05) is 6.54 Å². The first-order chi connectivity index (χ1) is 5.88. The second-order valence-corrected chi connectivity index (χ2v) is 2.99. The predicted molar refractivity (Wildman–Crippen MR) is 38.0 cm³/mol. The Labute approximate surface area is 73.2 Å². The summed E-state index contributed by atoms with van der Waals surface area (Å²) in [6.45, 7) is 1.41. The Morgan fingerprint density at radius 2 is 2.15 bits per heavy atom. The zero-order valence-corrected chi connectivity index (χ0v) is 7.02.